The number of rotatable bonds is 2. The second-order valence-corrected chi connectivity index (χ2v) is 3.13. The van der Waals surface area contributed by atoms with Crippen LogP contribution in [0.15, 0.2) is 22.7 Å². The van der Waals surface area contributed by atoms with Crippen LogP contribution >= 0.6 is 0 Å². The third-order valence-electron chi connectivity index (χ3n) is 1.95. The van der Waals surface area contributed by atoms with E-state index in [9.17, 15) is 13.2 Å². The van der Waals surface area contributed by atoms with Gasteiger partial charge >= 0.3 is 6.18 Å². The monoisotopic (exact) mass is 244 g/mol. The molecule has 2 rings (SSSR count). The van der Waals surface area contributed by atoms with Gasteiger partial charge in [0.2, 0.25) is 5.89 Å². The maximum Gasteiger partial charge on any atom is 0.417 e. The molecule has 90 valence electrons. The van der Waals surface area contributed by atoms with Crippen LogP contribution in [-0.2, 0) is 12.7 Å². The first-order valence-corrected chi connectivity index (χ1v) is 4.57. The Hall–Kier alpha value is -1.96. The van der Waals surface area contributed by atoms with Crippen molar-refractivity contribution in [3.8, 4) is 11.6 Å². The van der Waals surface area contributed by atoms with Gasteiger partial charge in [-0.15, -0.1) is 10.2 Å². The highest BCUT2D eigenvalue weighted by atomic mass is 19.4. The minimum atomic E-state index is -4.41. The van der Waals surface area contributed by atoms with E-state index in [2.05, 4.69) is 15.2 Å². The van der Waals surface area contributed by atoms with Crippen LogP contribution in [0.2, 0.25) is 0 Å². The van der Waals surface area contributed by atoms with E-state index in [0.717, 1.165) is 12.1 Å². The Morgan fingerprint density at radius 1 is 1.24 bits per heavy atom. The summed E-state index contributed by atoms with van der Waals surface area (Å²) in [5.74, 6) is 0.237. The van der Waals surface area contributed by atoms with Gasteiger partial charge in [-0.3, -0.25) is 4.98 Å². The normalized spacial score (nSPS) is 11.8. The van der Waals surface area contributed by atoms with Gasteiger partial charge in [0.15, 0.2) is 0 Å². The molecule has 2 heterocycles. The van der Waals surface area contributed by atoms with E-state index in [1.165, 1.54) is 0 Å². The van der Waals surface area contributed by atoms with Crippen LogP contribution in [0, 0.1) is 0 Å². The van der Waals surface area contributed by atoms with E-state index < -0.39 is 11.7 Å². The summed E-state index contributed by atoms with van der Waals surface area (Å²) < 4.78 is 41.9. The molecule has 0 atom stereocenters. The van der Waals surface area contributed by atoms with Crippen LogP contribution in [0.4, 0.5) is 13.2 Å². The standard InChI is InChI=1S/C9H7F3N4O/c10-9(11,12)5-1-2-6(14-4-5)8-16-15-7(3-13)17-8/h1-2,4H,3,13H2. The van der Waals surface area contributed by atoms with Gasteiger partial charge in [0, 0.05) is 6.20 Å². The summed E-state index contributed by atoms with van der Waals surface area (Å²) in [6, 6.07) is 2.06. The van der Waals surface area contributed by atoms with Gasteiger partial charge < -0.3 is 10.2 Å². The van der Waals surface area contributed by atoms with Gasteiger partial charge in [-0.1, -0.05) is 0 Å². The molecule has 0 aliphatic carbocycles. The summed E-state index contributed by atoms with van der Waals surface area (Å²) in [4.78, 5) is 3.61. The van der Waals surface area contributed by atoms with Crippen molar-refractivity contribution in [1.82, 2.24) is 15.2 Å². The van der Waals surface area contributed by atoms with Crippen molar-refractivity contribution < 1.29 is 17.6 Å². The molecule has 0 aliphatic rings. The third kappa shape index (κ3) is 2.41. The number of hydrogen-bond donors (Lipinski definition) is 1. The quantitative estimate of drug-likeness (QED) is 0.868. The Kier molecular flexibility index (Phi) is 2.80. The molecule has 0 saturated heterocycles. The molecule has 17 heavy (non-hydrogen) atoms. The van der Waals surface area contributed by atoms with Crippen LogP contribution in [0.25, 0.3) is 11.6 Å². The SMILES string of the molecule is NCc1nnc(-c2ccc(C(F)(F)F)cn2)o1. The van der Waals surface area contributed by atoms with Crippen molar-refractivity contribution in [1.29, 1.82) is 0 Å². The summed E-state index contributed by atoms with van der Waals surface area (Å²) >= 11 is 0. The highest BCUT2D eigenvalue weighted by Gasteiger charge is 2.30. The maximum atomic E-state index is 12.3. The van der Waals surface area contributed by atoms with Crippen LogP contribution in [0.5, 0.6) is 0 Å². The zero-order chi connectivity index (χ0) is 12.5. The lowest BCUT2D eigenvalue weighted by Gasteiger charge is -2.05. The van der Waals surface area contributed by atoms with Gasteiger partial charge in [-0.2, -0.15) is 13.2 Å². The Bertz CT molecular complexity index is 506. The number of hydrogen-bond acceptors (Lipinski definition) is 5. The lowest BCUT2D eigenvalue weighted by atomic mass is 10.2. The zero-order valence-electron chi connectivity index (χ0n) is 8.40. The number of pyridine rings is 1. The smallest absolute Gasteiger partial charge is 0.417 e. The largest absolute Gasteiger partial charge is 0.418 e. The summed E-state index contributed by atoms with van der Waals surface area (Å²) in [6.07, 6.45) is -3.70. The Morgan fingerprint density at radius 2 is 2.00 bits per heavy atom. The van der Waals surface area contributed by atoms with Gasteiger partial charge in [0.05, 0.1) is 12.1 Å². The molecule has 0 amide bonds. The molecular formula is C9H7F3N4O. The van der Waals surface area contributed by atoms with Crippen molar-refractivity contribution >= 4 is 0 Å². The first kappa shape index (κ1) is 11.5. The van der Waals surface area contributed by atoms with E-state index in [1.54, 1.807) is 0 Å². The summed E-state index contributed by atoms with van der Waals surface area (Å²) in [7, 11) is 0. The lowest BCUT2D eigenvalue weighted by molar-refractivity contribution is -0.137. The fraction of sp³-hybridized carbons (Fsp3) is 0.222. The summed E-state index contributed by atoms with van der Waals surface area (Å²) in [6.45, 7) is 0.0631. The van der Waals surface area contributed by atoms with E-state index in [-0.39, 0.29) is 24.0 Å². The summed E-state index contributed by atoms with van der Waals surface area (Å²) in [5.41, 5.74) is 4.59. The average Bonchev–Trinajstić information content (AvgIpc) is 2.76. The van der Waals surface area contributed by atoms with E-state index in [0.29, 0.717) is 6.20 Å². The van der Waals surface area contributed by atoms with Crippen molar-refractivity contribution in [2.24, 2.45) is 5.73 Å². The number of aromatic nitrogens is 3. The molecule has 2 aromatic heterocycles. The number of nitrogens with zero attached hydrogens (tertiary/aromatic N) is 3. The van der Waals surface area contributed by atoms with E-state index >= 15 is 0 Å². The predicted molar refractivity (Wildman–Crippen MR) is 50.4 cm³/mol. The van der Waals surface area contributed by atoms with Gasteiger partial charge in [-0.25, -0.2) is 0 Å². The van der Waals surface area contributed by atoms with Crippen LogP contribution in [0.3, 0.4) is 0 Å². The van der Waals surface area contributed by atoms with E-state index in [4.69, 9.17) is 10.2 Å². The van der Waals surface area contributed by atoms with Gasteiger partial charge in [0.1, 0.15) is 5.69 Å². The third-order valence-corrected chi connectivity index (χ3v) is 1.95. The molecule has 2 aromatic rings. The molecule has 8 heteroatoms. The van der Waals surface area contributed by atoms with Crippen LogP contribution < -0.4 is 5.73 Å². The maximum absolute atomic E-state index is 12.3. The molecule has 5 nitrogen and oxygen atoms in total. The highest BCUT2D eigenvalue weighted by molar-refractivity contribution is 5.46. The molecule has 2 N–H and O–H groups in total. The molecular weight excluding hydrogens is 237 g/mol. The second kappa shape index (κ2) is 4.13. The fourth-order valence-corrected chi connectivity index (χ4v) is 1.13. The molecule has 0 aliphatic heterocycles. The number of alkyl halides is 3. The fourth-order valence-electron chi connectivity index (χ4n) is 1.13. The van der Waals surface area contributed by atoms with Gasteiger partial charge in [0.25, 0.3) is 5.89 Å². The minimum Gasteiger partial charge on any atom is -0.418 e. The molecule has 0 radical (unpaired) electrons. The Morgan fingerprint density at radius 3 is 2.47 bits per heavy atom. The minimum absolute atomic E-state index is 0.0409. The molecule has 0 fully saturated rings. The first-order valence-electron chi connectivity index (χ1n) is 4.57. The molecule has 0 aromatic carbocycles. The molecule has 0 unspecified atom stereocenters. The van der Waals surface area contributed by atoms with Gasteiger partial charge in [-0.05, 0) is 12.1 Å². The van der Waals surface area contributed by atoms with Crippen molar-refractivity contribution in [2.75, 3.05) is 0 Å². The molecule has 0 bridgehead atoms. The average molecular weight is 244 g/mol. The topological polar surface area (TPSA) is 77.8 Å². The van der Waals surface area contributed by atoms with Crippen molar-refractivity contribution in [3.05, 3.63) is 29.8 Å². The van der Waals surface area contributed by atoms with Crippen LogP contribution in [-0.4, -0.2) is 15.2 Å². The number of halogens is 3. The Labute approximate surface area is 93.5 Å². The first-order chi connectivity index (χ1) is 8.00. The number of nitrogens with two attached hydrogens (primary N) is 1. The zero-order valence-corrected chi connectivity index (χ0v) is 8.40. The predicted octanol–water partition coefficient (Wildman–Crippen LogP) is 1.61. The second-order valence-electron chi connectivity index (χ2n) is 3.13. The van der Waals surface area contributed by atoms with Crippen molar-refractivity contribution in [2.45, 2.75) is 12.7 Å². The summed E-state index contributed by atoms with van der Waals surface area (Å²) in [5, 5.41) is 7.19. The molecule has 0 spiro atoms. The van der Waals surface area contributed by atoms with Crippen LogP contribution in [0.1, 0.15) is 11.5 Å². The van der Waals surface area contributed by atoms with E-state index in [1.807, 2.05) is 0 Å². The molecule has 0 saturated carbocycles. The Balaban J connectivity index is 2.29. The van der Waals surface area contributed by atoms with Crippen molar-refractivity contribution in [3.63, 3.8) is 0 Å². The highest BCUT2D eigenvalue weighted by Crippen LogP contribution is 2.29. The lowest BCUT2D eigenvalue weighted by Crippen LogP contribution is -2.05.